The van der Waals surface area contributed by atoms with Crippen molar-refractivity contribution in [3.63, 3.8) is 0 Å². The Kier molecular flexibility index (Phi) is 5.68. The van der Waals surface area contributed by atoms with Crippen molar-refractivity contribution >= 4 is 5.91 Å². The lowest BCUT2D eigenvalue weighted by Crippen LogP contribution is -2.28. The van der Waals surface area contributed by atoms with Crippen LogP contribution in [0.25, 0.3) is 0 Å². The first-order valence-electron chi connectivity index (χ1n) is 8.84. The Morgan fingerprint density at radius 2 is 2.12 bits per heavy atom. The van der Waals surface area contributed by atoms with Crippen LogP contribution in [0, 0.1) is 12.8 Å². The lowest BCUT2D eigenvalue weighted by Gasteiger charge is -2.16. The number of methoxy groups -OCH3 is 1. The number of ether oxygens (including phenoxy) is 1. The summed E-state index contributed by atoms with van der Waals surface area (Å²) in [4.78, 5) is 18.7. The summed E-state index contributed by atoms with van der Waals surface area (Å²) in [6.07, 6.45) is 4.21. The smallest absolute Gasteiger partial charge is 0.223 e. The molecule has 2 heterocycles. The van der Waals surface area contributed by atoms with Crippen LogP contribution < -0.4 is 4.74 Å². The van der Waals surface area contributed by atoms with Crippen LogP contribution in [0.5, 0.6) is 5.75 Å². The number of rotatable bonds is 7. The largest absolute Gasteiger partial charge is 0.497 e. The molecule has 6 nitrogen and oxygen atoms in total. The number of nitrogens with zero attached hydrogens (tertiary/aromatic N) is 3. The molecule has 134 valence electrons. The number of aromatic nitrogens is 2. The van der Waals surface area contributed by atoms with Crippen LogP contribution in [0.4, 0.5) is 0 Å². The monoisotopic (exact) mass is 343 g/mol. The Balaban J connectivity index is 1.40. The van der Waals surface area contributed by atoms with Crippen molar-refractivity contribution < 1.29 is 14.1 Å². The zero-order chi connectivity index (χ0) is 17.6. The second-order valence-electron chi connectivity index (χ2n) is 6.61. The highest BCUT2D eigenvalue weighted by Crippen LogP contribution is 2.22. The summed E-state index contributed by atoms with van der Waals surface area (Å²) in [6.45, 7) is 3.50. The number of hydrogen-bond acceptors (Lipinski definition) is 5. The van der Waals surface area contributed by atoms with E-state index in [4.69, 9.17) is 9.26 Å². The number of benzene rings is 1. The highest BCUT2D eigenvalue weighted by atomic mass is 16.5. The Hall–Kier alpha value is -2.37. The first-order valence-corrected chi connectivity index (χ1v) is 8.84. The molecule has 25 heavy (non-hydrogen) atoms. The van der Waals surface area contributed by atoms with Crippen LogP contribution in [-0.2, 0) is 17.6 Å². The number of likely N-dealkylation sites (tertiary alicyclic amines) is 1. The van der Waals surface area contributed by atoms with Gasteiger partial charge in [0.15, 0.2) is 5.82 Å². The van der Waals surface area contributed by atoms with Crippen molar-refractivity contribution in [2.24, 2.45) is 5.92 Å². The van der Waals surface area contributed by atoms with E-state index in [1.165, 1.54) is 0 Å². The molecule has 0 aliphatic carbocycles. The molecule has 1 aliphatic rings. The number of hydrogen-bond donors (Lipinski definition) is 0. The van der Waals surface area contributed by atoms with Gasteiger partial charge in [-0.2, -0.15) is 4.98 Å². The lowest BCUT2D eigenvalue weighted by molar-refractivity contribution is -0.130. The van der Waals surface area contributed by atoms with Crippen molar-refractivity contribution in [1.82, 2.24) is 15.0 Å². The summed E-state index contributed by atoms with van der Waals surface area (Å²) in [5, 5.41) is 3.93. The summed E-state index contributed by atoms with van der Waals surface area (Å²) >= 11 is 0. The minimum absolute atomic E-state index is 0.244. The molecule has 0 radical (unpaired) electrons. The fraction of sp³-hybridized carbons (Fsp3) is 0.526. The zero-order valence-electron chi connectivity index (χ0n) is 14.9. The van der Waals surface area contributed by atoms with E-state index in [-0.39, 0.29) is 5.91 Å². The van der Waals surface area contributed by atoms with Crippen LogP contribution in [0.15, 0.2) is 28.8 Å². The number of carbonyl (C=O) groups excluding carboxylic acids is 1. The minimum atomic E-state index is 0.244. The molecule has 3 rings (SSSR count). The van der Waals surface area contributed by atoms with Gasteiger partial charge in [-0.15, -0.1) is 0 Å². The summed E-state index contributed by atoms with van der Waals surface area (Å²) in [6, 6.07) is 7.91. The van der Waals surface area contributed by atoms with Crippen LogP contribution in [0.2, 0.25) is 0 Å². The van der Waals surface area contributed by atoms with Gasteiger partial charge in [-0.1, -0.05) is 17.3 Å². The van der Waals surface area contributed by atoms with Crippen molar-refractivity contribution in [1.29, 1.82) is 0 Å². The third-order valence-corrected chi connectivity index (χ3v) is 4.77. The predicted octanol–water partition coefficient (Wildman–Crippen LogP) is 2.80. The van der Waals surface area contributed by atoms with Crippen molar-refractivity contribution in [3.05, 3.63) is 41.5 Å². The Morgan fingerprint density at radius 1 is 1.32 bits per heavy atom. The van der Waals surface area contributed by atoms with Crippen molar-refractivity contribution in [2.75, 3.05) is 20.2 Å². The highest BCUT2D eigenvalue weighted by Gasteiger charge is 2.26. The van der Waals surface area contributed by atoms with E-state index in [1.54, 1.807) is 14.0 Å². The molecule has 1 aliphatic heterocycles. The molecule has 1 amide bonds. The van der Waals surface area contributed by atoms with Gasteiger partial charge in [0.1, 0.15) is 5.75 Å². The summed E-state index contributed by atoms with van der Waals surface area (Å²) in [7, 11) is 1.65. The molecule has 0 saturated carbocycles. The fourth-order valence-electron chi connectivity index (χ4n) is 3.27. The van der Waals surface area contributed by atoms with Gasteiger partial charge in [-0.05, 0) is 42.9 Å². The average Bonchev–Trinajstić information content (AvgIpc) is 3.27. The minimum Gasteiger partial charge on any atom is -0.497 e. The van der Waals surface area contributed by atoms with Crippen LogP contribution in [0.1, 0.15) is 36.5 Å². The van der Waals surface area contributed by atoms with Gasteiger partial charge in [-0.25, -0.2) is 0 Å². The molecule has 2 aromatic rings. The number of amides is 1. The maximum atomic E-state index is 12.4. The van der Waals surface area contributed by atoms with Crippen molar-refractivity contribution in [3.8, 4) is 5.75 Å². The summed E-state index contributed by atoms with van der Waals surface area (Å²) < 4.78 is 10.1. The summed E-state index contributed by atoms with van der Waals surface area (Å²) in [5.74, 6) is 2.99. The van der Waals surface area contributed by atoms with Gasteiger partial charge < -0.3 is 14.2 Å². The third-order valence-electron chi connectivity index (χ3n) is 4.77. The first-order chi connectivity index (χ1) is 12.1. The molecule has 1 aromatic carbocycles. The molecule has 0 spiro atoms. The average molecular weight is 343 g/mol. The van der Waals surface area contributed by atoms with Crippen LogP contribution in [-0.4, -0.2) is 41.1 Å². The van der Waals surface area contributed by atoms with Gasteiger partial charge >= 0.3 is 0 Å². The molecule has 1 saturated heterocycles. The van der Waals surface area contributed by atoms with Crippen LogP contribution >= 0.6 is 0 Å². The SMILES string of the molecule is COc1ccc(CCC(=O)N2CC[C@H](CCc3noc(C)n3)C2)cc1. The number of aryl methyl sites for hydroxylation is 3. The van der Waals surface area contributed by atoms with Gasteiger partial charge in [0.25, 0.3) is 0 Å². The molecule has 1 fully saturated rings. The zero-order valence-corrected chi connectivity index (χ0v) is 14.9. The van der Waals surface area contributed by atoms with Gasteiger partial charge in [0, 0.05) is 32.9 Å². The molecule has 0 N–H and O–H groups in total. The fourth-order valence-corrected chi connectivity index (χ4v) is 3.27. The van der Waals surface area contributed by atoms with E-state index in [2.05, 4.69) is 10.1 Å². The van der Waals surface area contributed by atoms with E-state index in [0.717, 1.165) is 55.9 Å². The Morgan fingerprint density at radius 3 is 2.80 bits per heavy atom. The van der Waals surface area contributed by atoms with Gasteiger partial charge in [0.2, 0.25) is 11.8 Å². The molecule has 1 aromatic heterocycles. The Bertz CT molecular complexity index is 696. The van der Waals surface area contributed by atoms with Gasteiger partial charge in [0.05, 0.1) is 7.11 Å². The molecule has 0 bridgehead atoms. The molecule has 1 atom stereocenters. The maximum Gasteiger partial charge on any atom is 0.223 e. The van der Waals surface area contributed by atoms with Gasteiger partial charge in [-0.3, -0.25) is 4.79 Å². The second kappa shape index (κ2) is 8.14. The predicted molar refractivity (Wildman–Crippen MR) is 93.4 cm³/mol. The topological polar surface area (TPSA) is 68.5 Å². The molecular weight excluding hydrogens is 318 g/mol. The Labute approximate surface area is 148 Å². The standard InChI is InChI=1S/C19H25N3O3/c1-14-20-18(21-25-14)9-5-16-11-12-22(13-16)19(23)10-6-15-3-7-17(24-2)8-4-15/h3-4,7-8,16H,5-6,9-13H2,1-2H3/t16-/m0/s1. The molecule has 6 heteroatoms. The van der Waals surface area contributed by atoms with Crippen LogP contribution in [0.3, 0.4) is 0 Å². The quantitative estimate of drug-likeness (QED) is 0.773. The lowest BCUT2D eigenvalue weighted by atomic mass is 10.0. The van der Waals surface area contributed by atoms with E-state index >= 15 is 0 Å². The van der Waals surface area contributed by atoms with Crippen molar-refractivity contribution in [2.45, 2.75) is 39.0 Å². The van der Waals surface area contributed by atoms with E-state index in [9.17, 15) is 4.79 Å². The number of carbonyl (C=O) groups is 1. The van der Waals surface area contributed by atoms with E-state index in [0.29, 0.717) is 18.2 Å². The normalized spacial score (nSPS) is 17.0. The highest BCUT2D eigenvalue weighted by molar-refractivity contribution is 5.76. The first kappa shape index (κ1) is 17.5. The molecular formula is C19H25N3O3. The van der Waals surface area contributed by atoms with E-state index in [1.807, 2.05) is 29.2 Å². The molecule has 0 unspecified atom stereocenters. The third kappa shape index (κ3) is 4.81. The summed E-state index contributed by atoms with van der Waals surface area (Å²) in [5.41, 5.74) is 1.16. The second-order valence-corrected chi connectivity index (χ2v) is 6.61. The van der Waals surface area contributed by atoms with E-state index < -0.39 is 0 Å². The maximum absolute atomic E-state index is 12.4.